The lowest BCUT2D eigenvalue weighted by Crippen LogP contribution is -2.54. The van der Waals surface area contributed by atoms with Crippen molar-refractivity contribution < 1.29 is 19.4 Å². The van der Waals surface area contributed by atoms with Crippen LogP contribution in [0.2, 0.25) is 0 Å². The molecular weight excluding hydrogens is 530 g/mol. The lowest BCUT2D eigenvalue weighted by Gasteiger charge is -2.42. The molecule has 2 fully saturated rings. The molecule has 0 spiro atoms. The fourth-order valence-corrected chi connectivity index (χ4v) is 6.41. The van der Waals surface area contributed by atoms with Crippen LogP contribution >= 0.6 is 0 Å². The van der Waals surface area contributed by atoms with Crippen molar-refractivity contribution in [1.29, 1.82) is 0 Å². The van der Waals surface area contributed by atoms with Gasteiger partial charge in [-0.25, -0.2) is 0 Å². The largest absolute Gasteiger partial charge is 0.497 e. The van der Waals surface area contributed by atoms with Crippen LogP contribution in [0.4, 0.5) is 5.69 Å². The molecule has 0 unspecified atom stereocenters. The van der Waals surface area contributed by atoms with Crippen LogP contribution < -0.4 is 15.0 Å². The van der Waals surface area contributed by atoms with E-state index in [-0.39, 0.29) is 24.5 Å². The predicted octanol–water partition coefficient (Wildman–Crippen LogP) is 3.85. The molecule has 42 heavy (non-hydrogen) atoms. The van der Waals surface area contributed by atoms with Gasteiger partial charge in [0.05, 0.1) is 19.8 Å². The summed E-state index contributed by atoms with van der Waals surface area (Å²) in [6, 6.07) is 14.6. The topological polar surface area (TPSA) is 90.3 Å². The van der Waals surface area contributed by atoms with Crippen LogP contribution in [-0.4, -0.2) is 90.8 Å². The second-order valence-corrected chi connectivity index (χ2v) is 11.9. The highest BCUT2D eigenvalue weighted by Crippen LogP contribution is 2.34. The Morgan fingerprint density at radius 2 is 1.79 bits per heavy atom. The summed E-state index contributed by atoms with van der Waals surface area (Å²) in [6.45, 7) is 6.68. The lowest BCUT2D eigenvalue weighted by molar-refractivity contribution is 0.0818. The van der Waals surface area contributed by atoms with E-state index in [2.05, 4.69) is 21.2 Å². The predicted molar refractivity (Wildman–Crippen MR) is 165 cm³/mol. The third-order valence-corrected chi connectivity index (χ3v) is 8.80. The number of rotatable bonds is 9. The van der Waals surface area contributed by atoms with Crippen LogP contribution in [0.25, 0.3) is 11.1 Å². The summed E-state index contributed by atoms with van der Waals surface area (Å²) in [5.74, 6) is 0.498. The van der Waals surface area contributed by atoms with Crippen molar-refractivity contribution in [2.75, 3.05) is 52.3 Å². The van der Waals surface area contributed by atoms with E-state index in [9.17, 15) is 14.7 Å². The molecule has 3 heterocycles. The van der Waals surface area contributed by atoms with Gasteiger partial charge in [0.15, 0.2) is 0 Å². The Morgan fingerprint density at radius 3 is 2.43 bits per heavy atom. The Balaban J connectivity index is 1.35. The van der Waals surface area contributed by atoms with Crippen LogP contribution in [0.1, 0.15) is 57.8 Å². The summed E-state index contributed by atoms with van der Waals surface area (Å²) < 4.78 is 7.44. The molecule has 5 rings (SSSR count). The second-order valence-electron chi connectivity index (χ2n) is 11.9. The van der Waals surface area contributed by atoms with Crippen molar-refractivity contribution in [2.24, 2.45) is 7.05 Å². The second kappa shape index (κ2) is 12.2. The number of aliphatic hydroxyl groups is 1. The zero-order valence-electron chi connectivity index (χ0n) is 25.6. The van der Waals surface area contributed by atoms with Crippen molar-refractivity contribution in [1.82, 2.24) is 19.7 Å². The molecule has 0 saturated carbocycles. The first-order valence-corrected chi connectivity index (χ1v) is 14.7. The van der Waals surface area contributed by atoms with Gasteiger partial charge in [-0.3, -0.25) is 14.5 Å². The summed E-state index contributed by atoms with van der Waals surface area (Å²) in [5.41, 5.74) is 5.98. The first kappa shape index (κ1) is 29.7. The van der Waals surface area contributed by atoms with E-state index in [1.165, 1.54) is 0 Å². The monoisotopic (exact) mass is 573 g/mol. The van der Waals surface area contributed by atoms with Crippen molar-refractivity contribution in [2.45, 2.75) is 44.8 Å². The van der Waals surface area contributed by atoms with Crippen molar-refractivity contribution in [3.05, 3.63) is 71.0 Å². The number of methoxy groups -OCH3 is 1. The highest BCUT2D eigenvalue weighted by atomic mass is 16.5. The van der Waals surface area contributed by atoms with E-state index < -0.39 is 0 Å². The summed E-state index contributed by atoms with van der Waals surface area (Å²) in [5, 5.41) is 12.7. The highest BCUT2D eigenvalue weighted by Gasteiger charge is 2.39. The number of carbonyl (C=O) groups excluding carboxylic acids is 2. The number of ether oxygens (including phenoxy) is 1. The highest BCUT2D eigenvalue weighted by molar-refractivity contribution is 5.97. The zero-order valence-corrected chi connectivity index (χ0v) is 25.6. The quantitative estimate of drug-likeness (QED) is 0.404. The summed E-state index contributed by atoms with van der Waals surface area (Å²) in [7, 11) is 6.97. The average Bonchev–Trinajstić information content (AvgIpc) is 3.46. The standard InChI is InChI=1S/C33H43N5O4/c1-21-7-8-26(37-19-27-9-10-28(20-37)38(27)11-12-39)17-30(21)32(40)34-22(2)23-13-24(15-29(14-23)42-6)25-16-31(36(5)18-25)33(41)35(3)4/h7-8,13-18,22,27-28,39H,9-12,19-20H2,1-6H3,(H,34,40)/t22-,27-,28+/m1/s1. The van der Waals surface area contributed by atoms with Crippen molar-refractivity contribution in [3.8, 4) is 16.9 Å². The normalized spacial score (nSPS) is 19.1. The molecule has 9 heteroatoms. The van der Waals surface area contributed by atoms with Gasteiger partial charge in [-0.05, 0) is 79.8 Å². The van der Waals surface area contributed by atoms with Gasteiger partial charge in [0.2, 0.25) is 0 Å². The summed E-state index contributed by atoms with van der Waals surface area (Å²) >= 11 is 0. The van der Waals surface area contributed by atoms with E-state index in [0.717, 1.165) is 60.4 Å². The third-order valence-electron chi connectivity index (χ3n) is 8.80. The number of piperazine rings is 1. The number of carbonyl (C=O) groups is 2. The number of aliphatic hydroxyl groups excluding tert-OH is 1. The Hall–Kier alpha value is -3.82. The average molecular weight is 574 g/mol. The molecule has 0 aliphatic carbocycles. The number of hydrogen-bond donors (Lipinski definition) is 2. The van der Waals surface area contributed by atoms with E-state index in [1.807, 2.05) is 68.1 Å². The molecule has 3 atom stereocenters. The van der Waals surface area contributed by atoms with Gasteiger partial charge in [0.1, 0.15) is 11.4 Å². The first-order valence-electron chi connectivity index (χ1n) is 14.7. The van der Waals surface area contributed by atoms with Gasteiger partial charge in [0, 0.05) is 75.9 Å². The third kappa shape index (κ3) is 5.89. The molecule has 2 N–H and O–H groups in total. The van der Waals surface area contributed by atoms with Crippen molar-refractivity contribution in [3.63, 3.8) is 0 Å². The molecule has 9 nitrogen and oxygen atoms in total. The molecule has 1 aromatic heterocycles. The molecular formula is C33H43N5O4. The maximum atomic E-state index is 13.6. The minimum absolute atomic E-state index is 0.0650. The van der Waals surface area contributed by atoms with Crippen molar-refractivity contribution >= 4 is 17.5 Å². The molecule has 2 aliphatic heterocycles. The van der Waals surface area contributed by atoms with Crippen LogP contribution in [0.5, 0.6) is 5.75 Å². The minimum Gasteiger partial charge on any atom is -0.497 e. The number of benzene rings is 2. The smallest absolute Gasteiger partial charge is 0.269 e. The van der Waals surface area contributed by atoms with Gasteiger partial charge >= 0.3 is 0 Å². The minimum atomic E-state index is -0.279. The summed E-state index contributed by atoms with van der Waals surface area (Å²) in [6.07, 6.45) is 4.23. The fourth-order valence-electron chi connectivity index (χ4n) is 6.41. The molecule has 2 saturated heterocycles. The van der Waals surface area contributed by atoms with Gasteiger partial charge in [-0.2, -0.15) is 0 Å². The molecule has 3 aromatic rings. The number of nitrogens with one attached hydrogen (secondary N) is 1. The van der Waals surface area contributed by atoms with E-state index in [4.69, 9.17) is 4.74 Å². The van der Waals surface area contributed by atoms with Gasteiger partial charge in [-0.1, -0.05) is 6.07 Å². The van der Waals surface area contributed by atoms with Gasteiger partial charge in [0.25, 0.3) is 11.8 Å². The molecule has 2 amide bonds. The zero-order chi connectivity index (χ0) is 30.1. The van der Waals surface area contributed by atoms with Crippen LogP contribution in [-0.2, 0) is 7.05 Å². The van der Waals surface area contributed by atoms with E-state index in [1.54, 1.807) is 26.1 Å². The van der Waals surface area contributed by atoms with E-state index in [0.29, 0.717) is 29.1 Å². The Labute approximate surface area is 248 Å². The van der Waals surface area contributed by atoms with Crippen LogP contribution in [0.3, 0.4) is 0 Å². The first-order chi connectivity index (χ1) is 20.1. The Kier molecular flexibility index (Phi) is 8.61. The van der Waals surface area contributed by atoms with Crippen LogP contribution in [0.15, 0.2) is 48.7 Å². The Bertz CT molecular complexity index is 1450. The van der Waals surface area contributed by atoms with Gasteiger partial charge < -0.3 is 29.5 Å². The number of aryl methyl sites for hydroxylation is 2. The maximum absolute atomic E-state index is 13.6. The van der Waals surface area contributed by atoms with Gasteiger partial charge in [-0.15, -0.1) is 0 Å². The number of fused-ring (bicyclic) bond motifs is 2. The number of anilines is 1. The maximum Gasteiger partial charge on any atom is 0.269 e. The molecule has 2 aliphatic rings. The SMILES string of the molecule is COc1cc(-c2cc(C(=O)N(C)C)n(C)c2)cc([C@@H](C)NC(=O)c2cc(N3C[C@H]4CC[C@@H](C3)N4CCO)ccc2C)c1. The number of hydrogen-bond acceptors (Lipinski definition) is 6. The number of aromatic nitrogens is 1. The number of amides is 2. The molecule has 2 bridgehead atoms. The lowest BCUT2D eigenvalue weighted by atomic mass is 10.00. The van der Waals surface area contributed by atoms with E-state index >= 15 is 0 Å². The molecule has 0 radical (unpaired) electrons. The number of nitrogens with zero attached hydrogens (tertiary/aromatic N) is 4. The fraction of sp³-hybridized carbons (Fsp3) is 0.455. The van der Waals surface area contributed by atoms with Crippen LogP contribution in [0, 0.1) is 6.92 Å². The Morgan fingerprint density at radius 1 is 1.07 bits per heavy atom. The molecule has 224 valence electrons. The molecule has 2 aromatic carbocycles. The summed E-state index contributed by atoms with van der Waals surface area (Å²) in [4.78, 5) is 32.6.